The summed E-state index contributed by atoms with van der Waals surface area (Å²) in [6.45, 7) is -1.76. The van der Waals surface area contributed by atoms with Gasteiger partial charge in [0.05, 0.1) is 22.0 Å². The lowest BCUT2D eigenvalue weighted by Gasteiger charge is -2.22. The maximum atomic E-state index is 12.7. The summed E-state index contributed by atoms with van der Waals surface area (Å²) in [5, 5.41) is 12.6. The van der Waals surface area contributed by atoms with Crippen LogP contribution in [0.25, 0.3) is 5.76 Å². The minimum atomic E-state index is -4.50. The van der Waals surface area contributed by atoms with Crippen molar-refractivity contribution in [3.63, 3.8) is 0 Å². The van der Waals surface area contributed by atoms with E-state index in [4.69, 9.17) is 11.6 Å². The second-order valence-corrected chi connectivity index (χ2v) is 8.55. The third-order valence-corrected chi connectivity index (χ3v) is 5.33. The van der Waals surface area contributed by atoms with Crippen LogP contribution in [-0.2, 0) is 21.2 Å². The van der Waals surface area contributed by atoms with Crippen LogP contribution >= 0.6 is 11.6 Å². The van der Waals surface area contributed by atoms with Crippen molar-refractivity contribution in [2.75, 3.05) is 33.9 Å². The number of carbonyl (C=O) groups is 1. The molecule has 1 aromatic carbocycles. The van der Waals surface area contributed by atoms with Crippen LogP contribution in [0.2, 0.25) is 5.02 Å². The Hall–Kier alpha value is -2.11. The normalized spacial score (nSPS) is 13.7. The van der Waals surface area contributed by atoms with Gasteiger partial charge in [-0.2, -0.15) is 13.2 Å². The first kappa shape index (κ1) is 24.9. The van der Waals surface area contributed by atoms with E-state index >= 15 is 0 Å². The first-order valence-corrected chi connectivity index (χ1v) is 10.3. The predicted octanol–water partition coefficient (Wildman–Crippen LogP) is 2.45. The van der Waals surface area contributed by atoms with E-state index in [2.05, 4.69) is 10.3 Å². The molecule has 0 fully saturated rings. The zero-order chi connectivity index (χ0) is 22.6. The van der Waals surface area contributed by atoms with E-state index in [-0.39, 0.29) is 26.6 Å². The summed E-state index contributed by atoms with van der Waals surface area (Å²) in [6, 6.07) is 2.29. The highest BCUT2D eigenvalue weighted by molar-refractivity contribution is 7.90. The number of carbonyl (C=O) groups excluding carboxylic acids is 1. The lowest BCUT2D eigenvalue weighted by molar-refractivity contribution is -0.144. The number of sulfone groups is 1. The van der Waals surface area contributed by atoms with Crippen molar-refractivity contribution in [3.8, 4) is 0 Å². The number of aliphatic imine (C=N–C) groups is 1. The second kappa shape index (κ2) is 9.59. The molecule has 0 aliphatic rings. The number of hydrogen-bond donors (Lipinski definition) is 2. The van der Waals surface area contributed by atoms with Crippen LogP contribution in [0, 0.1) is 0 Å². The van der Waals surface area contributed by atoms with Gasteiger partial charge in [-0.25, -0.2) is 8.42 Å². The van der Waals surface area contributed by atoms with Gasteiger partial charge in [-0.05, 0) is 19.2 Å². The Labute approximate surface area is 171 Å². The number of likely N-dealkylation sites (N-methyl/N-ethyl adjacent to an activating group) is 1. The lowest BCUT2D eigenvalue weighted by atomic mass is 10.0. The first-order chi connectivity index (χ1) is 13.2. The molecule has 0 saturated heterocycles. The highest BCUT2D eigenvalue weighted by Crippen LogP contribution is 2.33. The third kappa shape index (κ3) is 6.72. The molecule has 0 aromatic heterocycles. The van der Waals surface area contributed by atoms with Gasteiger partial charge < -0.3 is 10.4 Å². The number of halogens is 4. The number of nitrogens with one attached hydrogen (secondary N) is 1. The van der Waals surface area contributed by atoms with Crippen molar-refractivity contribution < 1.29 is 31.5 Å². The van der Waals surface area contributed by atoms with Gasteiger partial charge in [0.2, 0.25) is 0 Å². The molecule has 162 valence electrons. The van der Waals surface area contributed by atoms with Crippen molar-refractivity contribution in [3.05, 3.63) is 33.9 Å². The first-order valence-electron chi connectivity index (χ1n) is 8.07. The minimum Gasteiger partial charge on any atom is -0.506 e. The Balaban J connectivity index is 3.68. The van der Waals surface area contributed by atoms with Gasteiger partial charge in [0.25, 0.3) is 5.91 Å². The molecule has 1 aromatic rings. The van der Waals surface area contributed by atoms with Crippen LogP contribution < -0.4 is 5.32 Å². The van der Waals surface area contributed by atoms with Gasteiger partial charge in [-0.15, -0.1) is 0 Å². The molecule has 1 amide bonds. The quantitative estimate of drug-likeness (QED) is 0.374. The van der Waals surface area contributed by atoms with E-state index < -0.39 is 40.8 Å². The Kier molecular flexibility index (Phi) is 8.25. The van der Waals surface area contributed by atoms with Crippen LogP contribution in [0.3, 0.4) is 0 Å². The predicted molar refractivity (Wildman–Crippen MR) is 105 cm³/mol. The minimum absolute atomic E-state index is 0.118. The Morgan fingerprint density at radius 2 is 1.97 bits per heavy atom. The van der Waals surface area contributed by atoms with E-state index in [0.29, 0.717) is 0 Å². The standard InChI is InChI=1S/C17H21ClF3N3O4S/c1-22-7-11(16(26)23-2)15(25)10-5-6-13(29(4,27)28)12(14(10)18)8-24(3)9-17(19,20)21/h5-7,25H,8-9H2,1-4H3,(H,23,26). The van der Waals surface area contributed by atoms with Gasteiger partial charge in [0, 0.05) is 44.2 Å². The second-order valence-electron chi connectivity index (χ2n) is 6.19. The average Bonchev–Trinajstić information content (AvgIpc) is 2.57. The number of alkyl halides is 3. The molecular weight excluding hydrogens is 435 g/mol. The summed E-state index contributed by atoms with van der Waals surface area (Å²) < 4.78 is 62.2. The van der Waals surface area contributed by atoms with E-state index in [1.807, 2.05) is 0 Å². The fraction of sp³-hybridized carbons (Fsp3) is 0.412. The number of aliphatic hydroxyl groups excluding tert-OH is 1. The molecule has 0 aliphatic heterocycles. The highest BCUT2D eigenvalue weighted by Gasteiger charge is 2.31. The molecule has 7 nitrogen and oxygen atoms in total. The van der Waals surface area contributed by atoms with E-state index in [1.54, 1.807) is 0 Å². The number of amides is 1. The molecule has 0 saturated carbocycles. The van der Waals surface area contributed by atoms with Gasteiger partial charge in [0.1, 0.15) is 5.76 Å². The fourth-order valence-corrected chi connectivity index (χ4v) is 3.85. The van der Waals surface area contributed by atoms with Crippen LogP contribution in [0.1, 0.15) is 11.1 Å². The summed E-state index contributed by atoms with van der Waals surface area (Å²) in [5.74, 6) is -1.29. The van der Waals surface area contributed by atoms with Crippen molar-refractivity contribution >= 4 is 39.3 Å². The number of benzene rings is 1. The number of hydrogen-bond acceptors (Lipinski definition) is 6. The Bertz CT molecular complexity index is 944. The van der Waals surface area contributed by atoms with E-state index in [9.17, 15) is 31.5 Å². The van der Waals surface area contributed by atoms with Crippen molar-refractivity contribution in [2.45, 2.75) is 17.6 Å². The average molecular weight is 456 g/mol. The molecule has 0 unspecified atom stereocenters. The monoisotopic (exact) mass is 455 g/mol. The molecule has 0 radical (unpaired) electrons. The molecule has 0 heterocycles. The molecule has 29 heavy (non-hydrogen) atoms. The number of nitrogens with zero attached hydrogens (tertiary/aromatic N) is 2. The molecule has 0 atom stereocenters. The van der Waals surface area contributed by atoms with Gasteiger partial charge in [0.15, 0.2) is 9.84 Å². The zero-order valence-electron chi connectivity index (χ0n) is 16.1. The molecule has 2 N–H and O–H groups in total. The van der Waals surface area contributed by atoms with Crippen molar-refractivity contribution in [1.82, 2.24) is 10.2 Å². The molecule has 1 rings (SSSR count). The van der Waals surface area contributed by atoms with Crippen LogP contribution in [0.15, 0.2) is 27.6 Å². The summed E-state index contributed by atoms with van der Waals surface area (Å²) in [5.41, 5.74) is -0.499. The summed E-state index contributed by atoms with van der Waals surface area (Å²) in [4.78, 5) is 16.2. The smallest absolute Gasteiger partial charge is 0.401 e. The largest absolute Gasteiger partial charge is 0.506 e. The van der Waals surface area contributed by atoms with Gasteiger partial charge in [-0.1, -0.05) is 11.6 Å². The Morgan fingerprint density at radius 1 is 1.38 bits per heavy atom. The molecule has 0 bridgehead atoms. The molecule has 12 heteroatoms. The fourth-order valence-electron chi connectivity index (χ4n) is 2.55. The lowest BCUT2D eigenvalue weighted by Crippen LogP contribution is -2.31. The number of aliphatic hydroxyl groups is 1. The number of rotatable bonds is 7. The SMILES string of the molecule is CN=CC(C(=O)NC)=C(O)c1ccc(S(C)(=O)=O)c(CN(C)CC(F)(F)F)c1Cl. The van der Waals surface area contributed by atoms with E-state index in [0.717, 1.165) is 30.5 Å². The molecular formula is C17H21ClF3N3O4S. The van der Waals surface area contributed by atoms with Gasteiger partial charge in [-0.3, -0.25) is 14.7 Å². The summed E-state index contributed by atoms with van der Waals surface area (Å²) in [7, 11) is 0.00347. The van der Waals surface area contributed by atoms with Crippen molar-refractivity contribution in [1.29, 1.82) is 0 Å². The summed E-state index contributed by atoms with van der Waals surface area (Å²) in [6.07, 6.45) is -2.54. The molecule has 0 aliphatic carbocycles. The zero-order valence-corrected chi connectivity index (χ0v) is 17.7. The molecule has 0 spiro atoms. The maximum Gasteiger partial charge on any atom is 0.401 e. The van der Waals surface area contributed by atoms with Gasteiger partial charge >= 0.3 is 6.18 Å². The Morgan fingerprint density at radius 3 is 2.41 bits per heavy atom. The highest BCUT2D eigenvalue weighted by atomic mass is 35.5. The van der Waals surface area contributed by atoms with Crippen LogP contribution in [0.5, 0.6) is 0 Å². The summed E-state index contributed by atoms with van der Waals surface area (Å²) >= 11 is 6.28. The van der Waals surface area contributed by atoms with Crippen LogP contribution in [0.4, 0.5) is 13.2 Å². The topological polar surface area (TPSA) is 99.1 Å². The maximum absolute atomic E-state index is 12.7. The third-order valence-electron chi connectivity index (χ3n) is 3.72. The van der Waals surface area contributed by atoms with E-state index in [1.165, 1.54) is 20.2 Å². The van der Waals surface area contributed by atoms with Crippen LogP contribution in [-0.4, -0.2) is 70.7 Å². The van der Waals surface area contributed by atoms with Crippen molar-refractivity contribution in [2.24, 2.45) is 4.99 Å².